The van der Waals surface area contributed by atoms with Crippen LogP contribution in [0.5, 0.6) is 0 Å². The Morgan fingerprint density at radius 3 is 3.06 bits per heavy atom. The number of rotatable bonds is 2. The Hall–Kier alpha value is -1.62. The van der Waals surface area contributed by atoms with Gasteiger partial charge in [0, 0.05) is 31.4 Å². The van der Waals surface area contributed by atoms with Crippen LogP contribution >= 0.6 is 0 Å². The third kappa shape index (κ3) is 2.61. The van der Waals surface area contributed by atoms with Crippen LogP contribution in [0.3, 0.4) is 0 Å². The number of nitrogens with zero attached hydrogens (tertiary/aromatic N) is 2. The van der Waals surface area contributed by atoms with E-state index in [2.05, 4.69) is 29.0 Å². The summed E-state index contributed by atoms with van der Waals surface area (Å²) in [6.07, 6.45) is 1.65. The largest absolute Gasteiger partial charge is 0.465 e. The third-order valence-corrected chi connectivity index (χ3v) is 3.23. The molecule has 0 aromatic carbocycles. The predicted molar refractivity (Wildman–Crippen MR) is 69.8 cm³/mol. The zero-order valence-corrected chi connectivity index (χ0v) is 11.0. The molecule has 1 fully saturated rings. The molecule has 1 saturated heterocycles. The number of anilines is 1. The highest BCUT2D eigenvalue weighted by Crippen LogP contribution is 2.18. The van der Waals surface area contributed by atoms with Crippen molar-refractivity contribution < 1.29 is 9.53 Å². The number of esters is 1. The molecule has 0 bridgehead atoms. The van der Waals surface area contributed by atoms with Gasteiger partial charge in [-0.15, -0.1) is 0 Å². The number of aromatic nitrogens is 1. The van der Waals surface area contributed by atoms with Gasteiger partial charge in [-0.05, 0) is 26.0 Å². The number of ether oxygens (including phenoxy) is 1. The second-order valence-electron chi connectivity index (χ2n) is 4.70. The lowest BCUT2D eigenvalue weighted by molar-refractivity contribution is 0.0600. The van der Waals surface area contributed by atoms with Crippen molar-refractivity contribution >= 4 is 11.8 Å². The Balaban J connectivity index is 2.24. The fraction of sp³-hybridized carbons (Fsp3) is 0.538. The van der Waals surface area contributed by atoms with Crippen molar-refractivity contribution in [2.75, 3.05) is 25.1 Å². The lowest BCUT2D eigenvalue weighted by atomic mass is 10.1. The van der Waals surface area contributed by atoms with E-state index in [4.69, 9.17) is 4.74 Å². The first-order valence-electron chi connectivity index (χ1n) is 6.16. The molecule has 5 heteroatoms. The summed E-state index contributed by atoms with van der Waals surface area (Å²) in [5.41, 5.74) is 0.542. The quantitative estimate of drug-likeness (QED) is 0.794. The zero-order chi connectivity index (χ0) is 13.1. The molecule has 0 spiro atoms. The maximum atomic E-state index is 11.5. The molecule has 2 heterocycles. The molecule has 18 heavy (non-hydrogen) atoms. The van der Waals surface area contributed by atoms with Crippen molar-refractivity contribution in [3.63, 3.8) is 0 Å². The smallest absolute Gasteiger partial charge is 0.338 e. The van der Waals surface area contributed by atoms with Crippen LogP contribution in [-0.2, 0) is 4.74 Å². The monoisotopic (exact) mass is 249 g/mol. The molecule has 0 saturated carbocycles. The maximum absolute atomic E-state index is 11.5. The van der Waals surface area contributed by atoms with E-state index in [1.54, 1.807) is 18.3 Å². The minimum absolute atomic E-state index is 0.325. The molecule has 1 aromatic heterocycles. The molecule has 1 aliphatic rings. The molecule has 0 amide bonds. The van der Waals surface area contributed by atoms with Gasteiger partial charge < -0.3 is 15.0 Å². The van der Waals surface area contributed by atoms with E-state index in [9.17, 15) is 4.79 Å². The zero-order valence-electron chi connectivity index (χ0n) is 11.0. The van der Waals surface area contributed by atoms with Crippen molar-refractivity contribution in [2.45, 2.75) is 25.9 Å². The van der Waals surface area contributed by atoms with Crippen LogP contribution in [0.4, 0.5) is 5.82 Å². The van der Waals surface area contributed by atoms with Gasteiger partial charge in [0.1, 0.15) is 5.82 Å². The Labute approximate surface area is 107 Å². The first-order valence-corrected chi connectivity index (χ1v) is 6.16. The number of piperazine rings is 1. The number of carbonyl (C=O) groups is 1. The molecule has 0 radical (unpaired) electrons. The Morgan fingerprint density at radius 2 is 2.33 bits per heavy atom. The van der Waals surface area contributed by atoms with Gasteiger partial charge in [-0.25, -0.2) is 9.78 Å². The Bertz CT molecular complexity index is 436. The maximum Gasteiger partial charge on any atom is 0.338 e. The van der Waals surface area contributed by atoms with E-state index in [-0.39, 0.29) is 5.97 Å². The van der Waals surface area contributed by atoms with E-state index in [0.717, 1.165) is 18.9 Å². The fourth-order valence-corrected chi connectivity index (χ4v) is 2.16. The molecule has 98 valence electrons. The first-order chi connectivity index (χ1) is 8.61. The fourth-order valence-electron chi connectivity index (χ4n) is 2.16. The number of nitrogens with one attached hydrogen (secondary N) is 1. The van der Waals surface area contributed by atoms with Crippen LogP contribution in [0.15, 0.2) is 18.3 Å². The molecular formula is C13H19N3O2. The molecule has 0 aliphatic carbocycles. The molecule has 1 N–H and O–H groups in total. The van der Waals surface area contributed by atoms with Crippen LogP contribution in [-0.4, -0.2) is 43.2 Å². The summed E-state index contributed by atoms with van der Waals surface area (Å²) in [5.74, 6) is 0.508. The number of methoxy groups -OCH3 is 1. The summed E-state index contributed by atoms with van der Waals surface area (Å²) in [4.78, 5) is 18.1. The average molecular weight is 249 g/mol. The van der Waals surface area contributed by atoms with Crippen molar-refractivity contribution in [1.29, 1.82) is 0 Å². The standard InChI is InChI=1S/C13H19N3O2/c1-9-8-16(10(2)7-15-9)12-6-11(4-5-14-12)13(17)18-3/h4-6,9-10,15H,7-8H2,1-3H3. The first kappa shape index (κ1) is 12.8. The third-order valence-electron chi connectivity index (χ3n) is 3.23. The van der Waals surface area contributed by atoms with Gasteiger partial charge in [0.25, 0.3) is 0 Å². The highest BCUT2D eigenvalue weighted by molar-refractivity contribution is 5.90. The minimum atomic E-state index is -0.325. The Morgan fingerprint density at radius 1 is 1.56 bits per heavy atom. The molecule has 2 unspecified atom stereocenters. The van der Waals surface area contributed by atoms with Crippen molar-refractivity contribution in [2.24, 2.45) is 0 Å². The molecular weight excluding hydrogens is 230 g/mol. The summed E-state index contributed by atoms with van der Waals surface area (Å²) in [5, 5.41) is 3.42. The summed E-state index contributed by atoms with van der Waals surface area (Å²) in [7, 11) is 1.39. The van der Waals surface area contributed by atoms with Gasteiger partial charge in [-0.3, -0.25) is 0 Å². The van der Waals surface area contributed by atoms with Gasteiger partial charge >= 0.3 is 5.97 Å². The average Bonchev–Trinajstić information content (AvgIpc) is 2.40. The number of pyridine rings is 1. The van der Waals surface area contributed by atoms with Crippen LogP contribution in [0.25, 0.3) is 0 Å². The summed E-state index contributed by atoms with van der Waals surface area (Å²) >= 11 is 0. The van der Waals surface area contributed by atoms with Gasteiger partial charge in [0.2, 0.25) is 0 Å². The van der Waals surface area contributed by atoms with Gasteiger partial charge in [-0.2, -0.15) is 0 Å². The lowest BCUT2D eigenvalue weighted by Crippen LogP contribution is -2.54. The van der Waals surface area contributed by atoms with E-state index in [1.807, 2.05) is 0 Å². The normalized spacial score (nSPS) is 23.8. The van der Waals surface area contributed by atoms with E-state index >= 15 is 0 Å². The predicted octanol–water partition coefficient (Wildman–Crippen LogP) is 1.05. The van der Waals surface area contributed by atoms with Gasteiger partial charge in [0.15, 0.2) is 0 Å². The highest BCUT2D eigenvalue weighted by atomic mass is 16.5. The SMILES string of the molecule is COC(=O)c1ccnc(N2CC(C)NCC2C)c1. The van der Waals surface area contributed by atoms with E-state index in [1.165, 1.54) is 7.11 Å². The van der Waals surface area contributed by atoms with Crippen LogP contribution < -0.4 is 10.2 Å². The molecule has 2 atom stereocenters. The lowest BCUT2D eigenvalue weighted by Gasteiger charge is -2.38. The molecule has 2 rings (SSSR count). The molecule has 5 nitrogen and oxygen atoms in total. The topological polar surface area (TPSA) is 54.5 Å². The minimum Gasteiger partial charge on any atom is -0.465 e. The van der Waals surface area contributed by atoms with E-state index < -0.39 is 0 Å². The molecule has 1 aliphatic heterocycles. The summed E-state index contributed by atoms with van der Waals surface area (Å²) in [6.45, 7) is 6.10. The number of carbonyl (C=O) groups excluding carboxylic acids is 1. The van der Waals surface area contributed by atoms with Crippen LogP contribution in [0, 0.1) is 0 Å². The number of hydrogen-bond donors (Lipinski definition) is 1. The highest BCUT2D eigenvalue weighted by Gasteiger charge is 2.23. The second-order valence-corrected chi connectivity index (χ2v) is 4.70. The van der Waals surface area contributed by atoms with Crippen molar-refractivity contribution in [3.05, 3.63) is 23.9 Å². The van der Waals surface area contributed by atoms with E-state index in [0.29, 0.717) is 17.6 Å². The van der Waals surface area contributed by atoms with Crippen molar-refractivity contribution in [1.82, 2.24) is 10.3 Å². The number of hydrogen-bond acceptors (Lipinski definition) is 5. The Kier molecular flexibility index (Phi) is 3.81. The van der Waals surface area contributed by atoms with Crippen molar-refractivity contribution in [3.8, 4) is 0 Å². The van der Waals surface area contributed by atoms with Crippen LogP contribution in [0.1, 0.15) is 24.2 Å². The molecule has 1 aromatic rings. The summed E-state index contributed by atoms with van der Waals surface area (Å²) < 4.78 is 4.73. The summed E-state index contributed by atoms with van der Waals surface area (Å²) in [6, 6.07) is 4.25. The van der Waals surface area contributed by atoms with Gasteiger partial charge in [0.05, 0.1) is 12.7 Å². The van der Waals surface area contributed by atoms with Crippen LogP contribution in [0.2, 0.25) is 0 Å². The van der Waals surface area contributed by atoms with Gasteiger partial charge in [-0.1, -0.05) is 0 Å². The second kappa shape index (κ2) is 5.35.